The van der Waals surface area contributed by atoms with Gasteiger partial charge < -0.3 is 9.80 Å². The first-order valence-electron chi connectivity index (χ1n) is 16.8. The van der Waals surface area contributed by atoms with E-state index in [2.05, 4.69) is 197 Å². The predicted octanol–water partition coefficient (Wildman–Crippen LogP) is 12.2. The molecule has 0 bridgehead atoms. The number of hydrogen-bond acceptors (Lipinski definition) is 2. The second-order valence-corrected chi connectivity index (χ2v) is 14.7. The molecule has 0 saturated heterocycles. The molecule has 0 saturated carbocycles. The highest BCUT2D eigenvalue weighted by Crippen LogP contribution is 2.55. The van der Waals surface area contributed by atoms with Crippen molar-refractivity contribution in [3.8, 4) is 0 Å². The minimum Gasteiger partial charge on any atom is -0.310 e. The molecule has 2 aliphatic heterocycles. The molecule has 0 spiro atoms. The molecule has 232 valence electrons. The van der Waals surface area contributed by atoms with Crippen LogP contribution in [-0.4, -0.2) is 0 Å². The van der Waals surface area contributed by atoms with Gasteiger partial charge in [-0.15, -0.1) is 0 Å². The second-order valence-electron chi connectivity index (χ2n) is 14.7. The smallest absolute Gasteiger partial charge is 0.0502 e. The summed E-state index contributed by atoms with van der Waals surface area (Å²) in [5.41, 5.74) is 14.9. The Morgan fingerprint density at radius 2 is 0.809 bits per heavy atom. The Bertz CT molecular complexity index is 2090. The minimum atomic E-state index is -0.168. The third-order valence-electron chi connectivity index (χ3n) is 10.9. The topological polar surface area (TPSA) is 6.48 Å². The van der Waals surface area contributed by atoms with E-state index in [1.807, 2.05) is 0 Å². The first-order valence-corrected chi connectivity index (χ1v) is 16.8. The summed E-state index contributed by atoms with van der Waals surface area (Å²) in [6.45, 7) is 14.1. The molecule has 6 aromatic rings. The fourth-order valence-electron chi connectivity index (χ4n) is 8.11. The van der Waals surface area contributed by atoms with Crippen molar-refractivity contribution in [2.45, 2.75) is 57.8 Å². The lowest BCUT2D eigenvalue weighted by molar-refractivity contribution is 0.612. The minimum absolute atomic E-state index is 0.0944. The molecule has 2 nitrogen and oxygen atoms in total. The Balaban J connectivity index is 1.31. The molecule has 8 rings (SSSR count). The first-order chi connectivity index (χ1) is 22.6. The molecule has 0 unspecified atom stereocenters. The average Bonchev–Trinajstić information content (AvgIpc) is 3.09. The summed E-state index contributed by atoms with van der Waals surface area (Å²) in [4.78, 5) is 4.93. The van der Waals surface area contributed by atoms with Crippen LogP contribution in [0.1, 0.15) is 74.9 Å². The van der Waals surface area contributed by atoms with Gasteiger partial charge in [-0.3, -0.25) is 0 Å². The highest BCUT2D eigenvalue weighted by Gasteiger charge is 2.39. The van der Waals surface area contributed by atoms with Crippen molar-refractivity contribution >= 4 is 34.1 Å². The summed E-state index contributed by atoms with van der Waals surface area (Å²) in [7, 11) is 0. The monoisotopic (exact) mass is 610 g/mol. The molecule has 0 amide bonds. The Kier molecular flexibility index (Phi) is 6.53. The third-order valence-corrected chi connectivity index (χ3v) is 10.9. The number of fused-ring (bicyclic) bond motifs is 4. The van der Waals surface area contributed by atoms with E-state index in [1.54, 1.807) is 0 Å². The summed E-state index contributed by atoms with van der Waals surface area (Å²) in [6, 6.07) is 53.8. The van der Waals surface area contributed by atoms with Crippen LogP contribution in [0.5, 0.6) is 0 Å². The zero-order valence-corrected chi connectivity index (χ0v) is 28.3. The van der Waals surface area contributed by atoms with E-state index in [4.69, 9.17) is 0 Å². The van der Waals surface area contributed by atoms with Crippen molar-refractivity contribution in [2.75, 3.05) is 9.80 Å². The first kappa shape index (κ1) is 29.3. The Morgan fingerprint density at radius 3 is 1.32 bits per heavy atom. The molecule has 0 atom stereocenters. The standard InChI is InChI=1S/C45H42N2/c1-43(2,31-17-8-7-9-18-31)32-27-28-42-38(29-32)45(5,6)37-23-12-15-26-41(37)47(42)34-20-16-19-33(30-34)46-39-24-13-10-21-35(39)44(3,4)36-22-11-14-25-40(36)46/h7-30H,1-6H3. The van der Waals surface area contributed by atoms with Gasteiger partial charge in [-0.25, -0.2) is 0 Å². The van der Waals surface area contributed by atoms with Crippen LogP contribution in [0.25, 0.3) is 0 Å². The summed E-state index contributed by atoms with van der Waals surface area (Å²) in [6.07, 6.45) is 0. The third kappa shape index (κ3) is 4.38. The summed E-state index contributed by atoms with van der Waals surface area (Å²) < 4.78 is 0. The van der Waals surface area contributed by atoms with Crippen molar-refractivity contribution in [3.63, 3.8) is 0 Å². The highest BCUT2D eigenvalue weighted by atomic mass is 15.2. The van der Waals surface area contributed by atoms with Gasteiger partial charge in [-0.05, 0) is 75.8 Å². The van der Waals surface area contributed by atoms with Crippen molar-refractivity contribution in [1.82, 2.24) is 0 Å². The normalized spacial score (nSPS) is 15.7. The van der Waals surface area contributed by atoms with E-state index in [0.29, 0.717) is 0 Å². The van der Waals surface area contributed by atoms with E-state index >= 15 is 0 Å². The van der Waals surface area contributed by atoms with Gasteiger partial charge in [0, 0.05) is 27.6 Å². The van der Waals surface area contributed by atoms with Crippen molar-refractivity contribution < 1.29 is 0 Å². The lowest BCUT2D eigenvalue weighted by Gasteiger charge is -2.44. The molecule has 6 aromatic carbocycles. The molecule has 0 radical (unpaired) electrons. The van der Waals surface area contributed by atoms with Crippen LogP contribution in [0.2, 0.25) is 0 Å². The Morgan fingerprint density at radius 1 is 0.383 bits per heavy atom. The fourth-order valence-corrected chi connectivity index (χ4v) is 8.11. The van der Waals surface area contributed by atoms with E-state index in [9.17, 15) is 0 Å². The van der Waals surface area contributed by atoms with Crippen LogP contribution in [-0.2, 0) is 16.2 Å². The maximum Gasteiger partial charge on any atom is 0.0502 e. The SMILES string of the molecule is CC(C)(c1ccccc1)c1ccc2c(c1)C(C)(C)c1ccccc1N2c1cccc(N2c3ccccc3C(C)(C)c3ccccc32)c1. The number of nitrogens with zero attached hydrogens (tertiary/aromatic N) is 2. The molecule has 0 N–H and O–H groups in total. The number of benzene rings is 6. The van der Waals surface area contributed by atoms with Crippen LogP contribution >= 0.6 is 0 Å². The van der Waals surface area contributed by atoms with Crippen molar-refractivity contribution in [1.29, 1.82) is 0 Å². The number of rotatable bonds is 4. The predicted molar refractivity (Wildman–Crippen MR) is 199 cm³/mol. The van der Waals surface area contributed by atoms with Crippen LogP contribution in [0.15, 0.2) is 146 Å². The highest BCUT2D eigenvalue weighted by molar-refractivity contribution is 5.90. The van der Waals surface area contributed by atoms with E-state index in [1.165, 1.54) is 56.1 Å². The van der Waals surface area contributed by atoms with E-state index in [-0.39, 0.29) is 16.2 Å². The Labute approximate surface area is 280 Å². The maximum absolute atomic E-state index is 2.48. The van der Waals surface area contributed by atoms with Gasteiger partial charge in [0.1, 0.15) is 0 Å². The molecule has 2 heteroatoms. The number of para-hydroxylation sites is 3. The fraction of sp³-hybridized carbons (Fsp3) is 0.200. The quantitative estimate of drug-likeness (QED) is 0.196. The molecule has 47 heavy (non-hydrogen) atoms. The van der Waals surface area contributed by atoms with Gasteiger partial charge in [0.05, 0.1) is 22.7 Å². The summed E-state index contributed by atoms with van der Waals surface area (Å²) in [5.74, 6) is 0. The molecule has 0 fully saturated rings. The molecule has 0 aliphatic carbocycles. The van der Waals surface area contributed by atoms with Gasteiger partial charge >= 0.3 is 0 Å². The largest absolute Gasteiger partial charge is 0.310 e. The van der Waals surface area contributed by atoms with Gasteiger partial charge in [0.2, 0.25) is 0 Å². The zero-order valence-electron chi connectivity index (χ0n) is 28.3. The molecule has 2 heterocycles. The van der Waals surface area contributed by atoms with Crippen molar-refractivity contribution in [2.24, 2.45) is 0 Å². The lowest BCUT2D eigenvalue weighted by Crippen LogP contribution is -2.32. The lowest BCUT2D eigenvalue weighted by atomic mass is 9.70. The van der Waals surface area contributed by atoms with Gasteiger partial charge in [-0.2, -0.15) is 0 Å². The number of anilines is 6. The summed E-state index contributed by atoms with van der Waals surface area (Å²) >= 11 is 0. The Hall–Kier alpha value is -5.08. The van der Waals surface area contributed by atoms with E-state index < -0.39 is 0 Å². The van der Waals surface area contributed by atoms with Gasteiger partial charge in [-0.1, -0.05) is 145 Å². The molecule has 0 aromatic heterocycles. The number of hydrogen-bond donors (Lipinski definition) is 0. The zero-order chi connectivity index (χ0) is 32.6. The molecule has 2 aliphatic rings. The van der Waals surface area contributed by atoms with Gasteiger partial charge in [0.15, 0.2) is 0 Å². The molecular formula is C45H42N2. The van der Waals surface area contributed by atoms with Crippen LogP contribution in [0.4, 0.5) is 34.1 Å². The van der Waals surface area contributed by atoms with Crippen LogP contribution in [0.3, 0.4) is 0 Å². The average molecular weight is 611 g/mol. The molecular weight excluding hydrogens is 569 g/mol. The summed E-state index contributed by atoms with van der Waals surface area (Å²) in [5, 5.41) is 0. The maximum atomic E-state index is 2.48. The van der Waals surface area contributed by atoms with Crippen LogP contribution in [0, 0.1) is 0 Å². The van der Waals surface area contributed by atoms with E-state index in [0.717, 1.165) is 11.4 Å². The van der Waals surface area contributed by atoms with Gasteiger partial charge in [0.25, 0.3) is 0 Å². The van der Waals surface area contributed by atoms with Crippen molar-refractivity contribution in [3.05, 3.63) is 179 Å². The second kappa shape index (κ2) is 10.5. The van der Waals surface area contributed by atoms with Crippen LogP contribution < -0.4 is 9.80 Å².